The van der Waals surface area contributed by atoms with Crippen molar-refractivity contribution >= 4 is 17.9 Å². The van der Waals surface area contributed by atoms with Crippen molar-refractivity contribution in [2.45, 2.75) is 44.8 Å². The molecule has 0 spiro atoms. The number of carbonyl (C=O) groups is 2. The monoisotopic (exact) mass is 393 g/mol. The van der Waals surface area contributed by atoms with Crippen LogP contribution in [0.1, 0.15) is 43.2 Å². The Morgan fingerprint density at radius 3 is 2.62 bits per heavy atom. The van der Waals surface area contributed by atoms with Crippen LogP contribution in [0.15, 0.2) is 54.9 Å². The summed E-state index contributed by atoms with van der Waals surface area (Å²) >= 11 is 0. The standard InChI is InChI=1S/C23H27N3O3/c27-22(25-16-23(28)26-20-6-2-1-3-7-20)13-10-18-8-11-21(12-9-18)29-17-19-5-4-14-24-15-19/h4-5,8-15,20H,1-3,6-7,16-17H2,(H,25,27)(H,26,28)/b13-10+. The number of nitrogens with one attached hydrogen (secondary N) is 2. The van der Waals surface area contributed by atoms with Crippen LogP contribution in [0.4, 0.5) is 0 Å². The minimum absolute atomic E-state index is 0.000788. The van der Waals surface area contributed by atoms with Gasteiger partial charge in [-0.05, 0) is 42.7 Å². The Hall–Kier alpha value is -3.15. The molecule has 1 saturated carbocycles. The molecule has 2 amide bonds. The Morgan fingerprint density at radius 1 is 1.10 bits per heavy atom. The van der Waals surface area contributed by atoms with Crippen molar-refractivity contribution in [2.75, 3.05) is 6.54 Å². The smallest absolute Gasteiger partial charge is 0.244 e. The number of aromatic nitrogens is 1. The van der Waals surface area contributed by atoms with Crippen molar-refractivity contribution in [2.24, 2.45) is 0 Å². The van der Waals surface area contributed by atoms with Gasteiger partial charge in [-0.3, -0.25) is 14.6 Å². The minimum atomic E-state index is -0.291. The first-order valence-corrected chi connectivity index (χ1v) is 10.1. The van der Waals surface area contributed by atoms with Crippen LogP contribution in [0, 0.1) is 0 Å². The van der Waals surface area contributed by atoms with Gasteiger partial charge in [0.15, 0.2) is 0 Å². The van der Waals surface area contributed by atoms with E-state index in [2.05, 4.69) is 15.6 Å². The number of hydrogen-bond donors (Lipinski definition) is 2. The molecule has 1 aliphatic rings. The lowest BCUT2D eigenvalue weighted by atomic mass is 9.95. The van der Waals surface area contributed by atoms with Gasteiger partial charge >= 0.3 is 0 Å². The number of amides is 2. The zero-order chi connectivity index (χ0) is 20.3. The molecule has 0 bridgehead atoms. The SMILES string of the molecule is O=C(/C=C/c1ccc(OCc2cccnc2)cc1)NCC(=O)NC1CCCCC1. The maximum absolute atomic E-state index is 11.9. The highest BCUT2D eigenvalue weighted by molar-refractivity contribution is 5.94. The molecule has 2 N–H and O–H groups in total. The van der Waals surface area contributed by atoms with Crippen molar-refractivity contribution in [3.05, 3.63) is 66.0 Å². The van der Waals surface area contributed by atoms with Crippen LogP contribution in [0.2, 0.25) is 0 Å². The second-order valence-electron chi connectivity index (χ2n) is 7.17. The Labute approximate surface area is 171 Å². The van der Waals surface area contributed by atoms with Gasteiger partial charge in [-0.25, -0.2) is 0 Å². The van der Waals surface area contributed by atoms with Crippen molar-refractivity contribution in [1.82, 2.24) is 15.6 Å². The summed E-state index contributed by atoms with van der Waals surface area (Å²) < 4.78 is 5.71. The van der Waals surface area contributed by atoms with Crippen molar-refractivity contribution < 1.29 is 14.3 Å². The zero-order valence-electron chi connectivity index (χ0n) is 16.5. The molecule has 6 heteroatoms. The van der Waals surface area contributed by atoms with E-state index in [1.54, 1.807) is 18.5 Å². The first-order valence-electron chi connectivity index (χ1n) is 10.1. The fourth-order valence-corrected chi connectivity index (χ4v) is 3.25. The van der Waals surface area contributed by atoms with Crippen LogP contribution in [0.25, 0.3) is 6.08 Å². The summed E-state index contributed by atoms with van der Waals surface area (Å²) in [6.07, 6.45) is 12.3. The molecule has 1 aliphatic carbocycles. The first-order chi connectivity index (χ1) is 14.2. The Kier molecular flexibility index (Phi) is 7.81. The van der Waals surface area contributed by atoms with E-state index in [0.717, 1.165) is 42.6 Å². The number of carbonyl (C=O) groups excluding carboxylic acids is 2. The predicted molar refractivity (Wildman–Crippen MR) is 112 cm³/mol. The predicted octanol–water partition coefficient (Wildman–Crippen LogP) is 3.24. The molecule has 2 aromatic rings. The van der Waals surface area contributed by atoms with Crippen molar-refractivity contribution in [1.29, 1.82) is 0 Å². The summed E-state index contributed by atoms with van der Waals surface area (Å²) in [5.74, 6) is 0.323. The Bertz CT molecular complexity index is 813. The van der Waals surface area contributed by atoms with Crippen LogP contribution < -0.4 is 15.4 Å². The zero-order valence-corrected chi connectivity index (χ0v) is 16.5. The second kappa shape index (κ2) is 11.0. The largest absolute Gasteiger partial charge is 0.489 e. The third-order valence-corrected chi connectivity index (χ3v) is 4.83. The molecule has 1 aromatic carbocycles. The lowest BCUT2D eigenvalue weighted by Gasteiger charge is -2.22. The van der Waals surface area contributed by atoms with Gasteiger partial charge in [0.25, 0.3) is 0 Å². The molecule has 0 atom stereocenters. The molecule has 1 fully saturated rings. The van der Waals surface area contributed by atoms with Gasteiger partial charge in [0.2, 0.25) is 11.8 Å². The number of hydrogen-bond acceptors (Lipinski definition) is 4. The van der Waals surface area contributed by atoms with Gasteiger partial charge in [-0.15, -0.1) is 0 Å². The molecule has 3 rings (SSSR count). The van der Waals surface area contributed by atoms with E-state index in [4.69, 9.17) is 4.74 Å². The summed E-state index contributed by atoms with van der Waals surface area (Å²) in [5.41, 5.74) is 1.88. The van der Waals surface area contributed by atoms with Gasteiger partial charge in [0.1, 0.15) is 12.4 Å². The van der Waals surface area contributed by atoms with Gasteiger partial charge in [-0.2, -0.15) is 0 Å². The lowest BCUT2D eigenvalue weighted by molar-refractivity contribution is -0.124. The molecule has 0 unspecified atom stereocenters. The minimum Gasteiger partial charge on any atom is -0.489 e. The van der Waals surface area contributed by atoms with Crippen molar-refractivity contribution in [3.8, 4) is 5.75 Å². The summed E-state index contributed by atoms with van der Waals surface area (Å²) in [6.45, 7) is 0.454. The number of pyridine rings is 1. The van der Waals surface area contributed by atoms with E-state index in [-0.39, 0.29) is 24.4 Å². The summed E-state index contributed by atoms with van der Waals surface area (Å²) in [4.78, 5) is 27.9. The quantitative estimate of drug-likeness (QED) is 0.675. The average Bonchev–Trinajstić information content (AvgIpc) is 2.77. The molecule has 152 valence electrons. The number of nitrogens with zero attached hydrogens (tertiary/aromatic N) is 1. The van der Waals surface area contributed by atoms with E-state index in [1.165, 1.54) is 12.5 Å². The molecular weight excluding hydrogens is 366 g/mol. The fraction of sp³-hybridized carbons (Fsp3) is 0.348. The van der Waals surface area contributed by atoms with Gasteiger partial charge in [0, 0.05) is 30.1 Å². The maximum atomic E-state index is 11.9. The van der Waals surface area contributed by atoms with E-state index >= 15 is 0 Å². The van der Waals surface area contributed by atoms with Gasteiger partial charge in [-0.1, -0.05) is 37.5 Å². The number of ether oxygens (including phenoxy) is 1. The third-order valence-electron chi connectivity index (χ3n) is 4.83. The van der Waals surface area contributed by atoms with Gasteiger partial charge < -0.3 is 15.4 Å². The van der Waals surface area contributed by atoms with E-state index in [9.17, 15) is 9.59 Å². The first kappa shape index (κ1) is 20.6. The van der Waals surface area contributed by atoms with E-state index in [0.29, 0.717) is 6.61 Å². The van der Waals surface area contributed by atoms with Crippen LogP contribution in [-0.4, -0.2) is 29.4 Å². The number of benzene rings is 1. The average molecular weight is 393 g/mol. The Balaban J connectivity index is 1.38. The molecule has 0 saturated heterocycles. The van der Waals surface area contributed by atoms with Crippen molar-refractivity contribution in [3.63, 3.8) is 0 Å². The molecule has 6 nitrogen and oxygen atoms in total. The summed E-state index contributed by atoms with van der Waals surface area (Å²) in [5, 5.41) is 5.61. The third kappa shape index (κ3) is 7.41. The molecule has 0 radical (unpaired) electrons. The van der Waals surface area contributed by atoms with E-state index < -0.39 is 0 Å². The van der Waals surface area contributed by atoms with E-state index in [1.807, 2.05) is 36.4 Å². The molecular formula is C23H27N3O3. The van der Waals surface area contributed by atoms with Crippen LogP contribution in [0.3, 0.4) is 0 Å². The van der Waals surface area contributed by atoms with Crippen LogP contribution in [-0.2, 0) is 16.2 Å². The molecule has 0 aliphatic heterocycles. The lowest BCUT2D eigenvalue weighted by Crippen LogP contribution is -2.42. The Morgan fingerprint density at radius 2 is 1.90 bits per heavy atom. The fourth-order valence-electron chi connectivity index (χ4n) is 3.25. The highest BCUT2D eigenvalue weighted by Crippen LogP contribution is 2.17. The molecule has 29 heavy (non-hydrogen) atoms. The molecule has 1 heterocycles. The normalized spacial score (nSPS) is 14.5. The topological polar surface area (TPSA) is 80.3 Å². The van der Waals surface area contributed by atoms with Crippen LogP contribution in [0.5, 0.6) is 5.75 Å². The highest BCUT2D eigenvalue weighted by atomic mass is 16.5. The molecule has 1 aromatic heterocycles. The van der Waals surface area contributed by atoms with Gasteiger partial charge in [0.05, 0.1) is 6.54 Å². The maximum Gasteiger partial charge on any atom is 0.244 e. The number of rotatable bonds is 8. The highest BCUT2D eigenvalue weighted by Gasteiger charge is 2.15. The summed E-state index contributed by atoms with van der Waals surface area (Å²) in [7, 11) is 0. The van der Waals surface area contributed by atoms with Crippen LogP contribution >= 0.6 is 0 Å². The summed E-state index contributed by atoms with van der Waals surface area (Å²) in [6, 6.07) is 11.5. The second-order valence-corrected chi connectivity index (χ2v) is 7.17.